The fourth-order valence-electron chi connectivity index (χ4n) is 2.23. The number of hydrogen-bond donors (Lipinski definition) is 2. The molecule has 1 aromatic carbocycles. The molecule has 1 rings (SSSR count). The van der Waals surface area contributed by atoms with Crippen LogP contribution in [-0.2, 0) is 4.79 Å². The molecular formula is C17H28N2O. The van der Waals surface area contributed by atoms with E-state index in [-0.39, 0.29) is 5.91 Å². The van der Waals surface area contributed by atoms with E-state index < -0.39 is 0 Å². The molecule has 0 heterocycles. The van der Waals surface area contributed by atoms with Gasteiger partial charge in [0.05, 0.1) is 6.54 Å². The molecule has 0 bridgehead atoms. The molecular weight excluding hydrogens is 248 g/mol. The second kappa shape index (κ2) is 9.54. The molecule has 0 spiro atoms. The Balaban J connectivity index is 2.34. The number of amides is 1. The van der Waals surface area contributed by atoms with E-state index in [0.29, 0.717) is 12.6 Å². The van der Waals surface area contributed by atoms with Crippen molar-refractivity contribution in [2.24, 2.45) is 0 Å². The highest BCUT2D eigenvalue weighted by Gasteiger charge is 2.09. The van der Waals surface area contributed by atoms with Crippen molar-refractivity contribution in [3.8, 4) is 0 Å². The maximum Gasteiger partial charge on any atom is 0.238 e. The summed E-state index contributed by atoms with van der Waals surface area (Å²) in [5.74, 6) is 0.0338. The van der Waals surface area contributed by atoms with E-state index >= 15 is 0 Å². The highest BCUT2D eigenvalue weighted by atomic mass is 16.1. The first kappa shape index (κ1) is 16.7. The fraction of sp³-hybridized carbons (Fsp3) is 0.588. The van der Waals surface area contributed by atoms with E-state index in [9.17, 15) is 4.79 Å². The van der Waals surface area contributed by atoms with E-state index in [1.54, 1.807) is 0 Å². The average molecular weight is 276 g/mol. The predicted octanol–water partition coefficient (Wildman–Crippen LogP) is 3.88. The smallest absolute Gasteiger partial charge is 0.238 e. The third-order valence-corrected chi connectivity index (χ3v) is 3.43. The molecule has 0 saturated carbocycles. The van der Waals surface area contributed by atoms with E-state index in [1.807, 2.05) is 31.2 Å². The van der Waals surface area contributed by atoms with E-state index in [4.69, 9.17) is 0 Å². The Hall–Kier alpha value is -1.35. The topological polar surface area (TPSA) is 41.1 Å². The molecule has 0 aliphatic carbocycles. The van der Waals surface area contributed by atoms with Gasteiger partial charge in [-0.05, 0) is 31.9 Å². The van der Waals surface area contributed by atoms with E-state index in [2.05, 4.69) is 24.5 Å². The van der Waals surface area contributed by atoms with Crippen LogP contribution in [0.25, 0.3) is 0 Å². The Morgan fingerprint density at radius 3 is 2.40 bits per heavy atom. The summed E-state index contributed by atoms with van der Waals surface area (Å²) in [7, 11) is 0. The van der Waals surface area contributed by atoms with E-state index in [1.165, 1.54) is 18.4 Å². The quantitative estimate of drug-likeness (QED) is 0.718. The minimum atomic E-state index is 0.0338. The highest BCUT2D eigenvalue weighted by molar-refractivity contribution is 5.92. The summed E-state index contributed by atoms with van der Waals surface area (Å²) in [5, 5.41) is 6.30. The van der Waals surface area contributed by atoms with Crippen molar-refractivity contribution in [3.05, 3.63) is 29.8 Å². The normalized spacial score (nSPS) is 12.2. The van der Waals surface area contributed by atoms with Crippen LogP contribution in [0.5, 0.6) is 0 Å². The molecule has 1 unspecified atom stereocenters. The van der Waals surface area contributed by atoms with Crippen LogP contribution in [0.1, 0.15) is 51.5 Å². The molecule has 1 atom stereocenters. The number of unbranched alkanes of at least 4 members (excludes halogenated alkanes) is 1. The van der Waals surface area contributed by atoms with Crippen molar-refractivity contribution in [2.45, 2.75) is 58.9 Å². The summed E-state index contributed by atoms with van der Waals surface area (Å²) in [6.07, 6.45) is 5.87. The van der Waals surface area contributed by atoms with Gasteiger partial charge in [-0.3, -0.25) is 4.79 Å². The SMILES string of the molecule is CCCCC(CCC)NCC(=O)Nc1ccc(C)cc1. The Morgan fingerprint density at radius 1 is 1.10 bits per heavy atom. The zero-order chi connectivity index (χ0) is 14.8. The summed E-state index contributed by atoms with van der Waals surface area (Å²) >= 11 is 0. The van der Waals surface area contributed by atoms with Crippen LogP contribution in [0, 0.1) is 6.92 Å². The van der Waals surface area contributed by atoms with Gasteiger partial charge in [-0.15, -0.1) is 0 Å². The molecule has 112 valence electrons. The molecule has 2 N–H and O–H groups in total. The summed E-state index contributed by atoms with van der Waals surface area (Å²) in [5.41, 5.74) is 2.06. The number of aryl methyl sites for hydroxylation is 1. The Kier molecular flexibility index (Phi) is 7.97. The number of nitrogens with one attached hydrogen (secondary N) is 2. The first-order valence-corrected chi connectivity index (χ1v) is 7.75. The second-order valence-corrected chi connectivity index (χ2v) is 5.42. The van der Waals surface area contributed by atoms with Crippen LogP contribution < -0.4 is 10.6 Å². The van der Waals surface area contributed by atoms with Gasteiger partial charge in [-0.2, -0.15) is 0 Å². The summed E-state index contributed by atoms with van der Waals surface area (Å²) in [6, 6.07) is 8.35. The molecule has 3 nitrogen and oxygen atoms in total. The van der Waals surface area contributed by atoms with Gasteiger partial charge in [0.1, 0.15) is 0 Å². The van der Waals surface area contributed by atoms with Gasteiger partial charge in [0.2, 0.25) is 5.91 Å². The van der Waals surface area contributed by atoms with Gasteiger partial charge in [-0.1, -0.05) is 50.8 Å². The molecule has 1 amide bonds. The number of anilines is 1. The number of carbonyl (C=O) groups excluding carboxylic acids is 1. The first-order chi connectivity index (χ1) is 9.65. The van der Waals surface area contributed by atoms with Crippen LogP contribution in [0.4, 0.5) is 5.69 Å². The Morgan fingerprint density at radius 2 is 1.80 bits per heavy atom. The maximum atomic E-state index is 11.9. The van der Waals surface area contributed by atoms with Crippen molar-refractivity contribution in [1.29, 1.82) is 0 Å². The molecule has 0 aliphatic heterocycles. The predicted molar refractivity (Wildman–Crippen MR) is 86.0 cm³/mol. The van der Waals surface area contributed by atoms with Gasteiger partial charge >= 0.3 is 0 Å². The Labute approximate surface area is 123 Å². The molecule has 20 heavy (non-hydrogen) atoms. The Bertz CT molecular complexity index is 386. The standard InChI is InChI=1S/C17H28N2O/c1-4-6-8-15(7-5-2)18-13-17(20)19-16-11-9-14(3)10-12-16/h9-12,15,18H,4-8,13H2,1-3H3,(H,19,20). The van der Waals surface area contributed by atoms with E-state index in [0.717, 1.165) is 24.9 Å². The maximum absolute atomic E-state index is 11.9. The van der Waals surface area contributed by atoms with Crippen LogP contribution in [0.3, 0.4) is 0 Å². The molecule has 0 fully saturated rings. The number of rotatable bonds is 9. The van der Waals surface area contributed by atoms with Gasteiger partial charge < -0.3 is 10.6 Å². The number of benzene rings is 1. The highest BCUT2D eigenvalue weighted by Crippen LogP contribution is 2.09. The summed E-state index contributed by atoms with van der Waals surface area (Å²) < 4.78 is 0. The van der Waals surface area contributed by atoms with Gasteiger partial charge in [0, 0.05) is 11.7 Å². The van der Waals surface area contributed by atoms with Gasteiger partial charge in [0.15, 0.2) is 0 Å². The average Bonchev–Trinajstić information content (AvgIpc) is 2.44. The fourth-order valence-corrected chi connectivity index (χ4v) is 2.23. The lowest BCUT2D eigenvalue weighted by Gasteiger charge is -2.17. The largest absolute Gasteiger partial charge is 0.325 e. The van der Waals surface area contributed by atoms with Crippen molar-refractivity contribution in [1.82, 2.24) is 5.32 Å². The minimum Gasteiger partial charge on any atom is -0.325 e. The van der Waals surface area contributed by atoms with Crippen LogP contribution in [0.15, 0.2) is 24.3 Å². The second-order valence-electron chi connectivity index (χ2n) is 5.42. The third-order valence-electron chi connectivity index (χ3n) is 3.43. The number of carbonyl (C=O) groups is 1. The lowest BCUT2D eigenvalue weighted by molar-refractivity contribution is -0.115. The van der Waals surface area contributed by atoms with Crippen molar-refractivity contribution in [3.63, 3.8) is 0 Å². The monoisotopic (exact) mass is 276 g/mol. The van der Waals surface area contributed by atoms with Crippen molar-refractivity contribution < 1.29 is 4.79 Å². The van der Waals surface area contributed by atoms with Crippen LogP contribution >= 0.6 is 0 Å². The summed E-state index contributed by atoms with van der Waals surface area (Å²) in [6.45, 7) is 6.82. The minimum absolute atomic E-state index is 0.0338. The molecule has 1 aromatic rings. The van der Waals surface area contributed by atoms with Gasteiger partial charge in [0.25, 0.3) is 0 Å². The first-order valence-electron chi connectivity index (χ1n) is 7.75. The lowest BCUT2D eigenvalue weighted by atomic mass is 10.1. The lowest BCUT2D eigenvalue weighted by Crippen LogP contribution is -2.36. The number of hydrogen-bond acceptors (Lipinski definition) is 2. The van der Waals surface area contributed by atoms with Crippen LogP contribution in [0.2, 0.25) is 0 Å². The zero-order valence-electron chi connectivity index (χ0n) is 13.0. The van der Waals surface area contributed by atoms with Crippen LogP contribution in [-0.4, -0.2) is 18.5 Å². The molecule has 0 radical (unpaired) electrons. The zero-order valence-corrected chi connectivity index (χ0v) is 13.0. The molecule has 3 heteroatoms. The summed E-state index contributed by atoms with van der Waals surface area (Å²) in [4.78, 5) is 11.9. The van der Waals surface area contributed by atoms with Crippen molar-refractivity contribution in [2.75, 3.05) is 11.9 Å². The molecule has 0 aliphatic rings. The van der Waals surface area contributed by atoms with Gasteiger partial charge in [-0.25, -0.2) is 0 Å². The van der Waals surface area contributed by atoms with Crippen molar-refractivity contribution >= 4 is 11.6 Å². The third kappa shape index (κ3) is 6.71. The molecule has 0 saturated heterocycles. The molecule has 0 aromatic heterocycles.